The van der Waals surface area contributed by atoms with Crippen LogP contribution < -0.4 is 10.6 Å². The normalized spacial score (nSPS) is 10.2. The maximum atomic E-state index is 12.6. The molecule has 0 saturated carbocycles. The lowest BCUT2D eigenvalue weighted by atomic mass is 10.0. The zero-order chi connectivity index (χ0) is 15.6. The lowest BCUT2D eigenvalue weighted by molar-refractivity contribution is 0.0697. The van der Waals surface area contributed by atoms with E-state index in [1.807, 2.05) is 0 Å². The van der Waals surface area contributed by atoms with E-state index in [2.05, 4.69) is 0 Å². The van der Waals surface area contributed by atoms with E-state index >= 15 is 0 Å². The highest BCUT2D eigenvalue weighted by atomic mass is 16.4. The zero-order valence-electron chi connectivity index (χ0n) is 11.8. The number of para-hydroxylation sites is 1. The van der Waals surface area contributed by atoms with Gasteiger partial charge >= 0.3 is 5.97 Å². The summed E-state index contributed by atoms with van der Waals surface area (Å²) in [5.74, 6) is -1.37. The van der Waals surface area contributed by atoms with Crippen LogP contribution in [0.5, 0.6) is 0 Å². The second-order valence-corrected chi connectivity index (χ2v) is 4.71. The summed E-state index contributed by atoms with van der Waals surface area (Å²) in [6.07, 6.45) is 0. The third-order valence-corrected chi connectivity index (χ3v) is 3.41. The molecule has 0 radical (unpaired) electrons. The van der Waals surface area contributed by atoms with E-state index in [0.717, 1.165) is 0 Å². The molecule has 0 aromatic heterocycles. The van der Waals surface area contributed by atoms with Crippen molar-refractivity contribution < 1.29 is 14.7 Å². The van der Waals surface area contributed by atoms with Gasteiger partial charge in [-0.2, -0.15) is 0 Å². The Morgan fingerprint density at radius 2 is 1.67 bits per heavy atom. The summed E-state index contributed by atoms with van der Waals surface area (Å²) in [4.78, 5) is 25.1. The highest BCUT2D eigenvalue weighted by Crippen LogP contribution is 2.23. The maximum absolute atomic E-state index is 12.6. The number of amides is 1. The molecule has 0 aliphatic rings. The first-order valence-electron chi connectivity index (χ1n) is 6.39. The number of nitrogens with zero attached hydrogens (tertiary/aromatic N) is 1. The number of carboxylic acids is 1. The molecule has 108 valence electrons. The van der Waals surface area contributed by atoms with Gasteiger partial charge in [-0.25, -0.2) is 4.79 Å². The van der Waals surface area contributed by atoms with Crippen molar-refractivity contribution in [2.75, 3.05) is 17.7 Å². The van der Waals surface area contributed by atoms with Crippen LogP contribution in [-0.2, 0) is 0 Å². The van der Waals surface area contributed by atoms with E-state index in [9.17, 15) is 14.7 Å². The molecular weight excluding hydrogens is 268 g/mol. The second-order valence-electron chi connectivity index (χ2n) is 4.71. The summed E-state index contributed by atoms with van der Waals surface area (Å²) in [5, 5.41) is 9.21. The van der Waals surface area contributed by atoms with Crippen LogP contribution in [0.4, 0.5) is 11.4 Å². The molecule has 5 heteroatoms. The summed E-state index contributed by atoms with van der Waals surface area (Å²) in [7, 11) is 1.55. The fourth-order valence-electron chi connectivity index (χ4n) is 2.12. The van der Waals surface area contributed by atoms with Gasteiger partial charge < -0.3 is 15.7 Å². The first-order valence-corrected chi connectivity index (χ1v) is 6.39. The fourth-order valence-corrected chi connectivity index (χ4v) is 2.12. The number of nitrogens with two attached hydrogens (primary N) is 1. The topological polar surface area (TPSA) is 83.6 Å². The van der Waals surface area contributed by atoms with Gasteiger partial charge in [-0.05, 0) is 36.8 Å². The number of hydrogen-bond donors (Lipinski definition) is 2. The molecular formula is C16H16N2O3. The predicted molar refractivity (Wildman–Crippen MR) is 81.7 cm³/mol. The van der Waals surface area contributed by atoms with Crippen molar-refractivity contribution in [3.8, 4) is 0 Å². The molecule has 3 N–H and O–H groups in total. The Morgan fingerprint density at radius 3 is 2.33 bits per heavy atom. The van der Waals surface area contributed by atoms with E-state index < -0.39 is 5.97 Å². The Balaban J connectivity index is 2.45. The minimum Gasteiger partial charge on any atom is -0.478 e. The van der Waals surface area contributed by atoms with Crippen molar-refractivity contribution >= 4 is 23.3 Å². The Kier molecular flexibility index (Phi) is 3.93. The highest BCUT2D eigenvalue weighted by molar-refractivity contribution is 6.10. The van der Waals surface area contributed by atoms with Crippen molar-refractivity contribution in [2.45, 2.75) is 6.92 Å². The standard InChI is InChI=1S/C16H16N2O3/c1-10-11(7-5-8-13(10)17)15(19)18(2)14-9-4-3-6-12(14)16(20)21/h3-9H,17H2,1-2H3,(H,20,21). The number of carbonyl (C=O) groups is 2. The lowest BCUT2D eigenvalue weighted by Gasteiger charge is -2.20. The molecule has 0 atom stereocenters. The number of carboxylic acid groups (broad SMARTS) is 1. The van der Waals surface area contributed by atoms with Crippen molar-refractivity contribution in [1.29, 1.82) is 0 Å². The molecule has 0 fully saturated rings. The molecule has 21 heavy (non-hydrogen) atoms. The summed E-state index contributed by atoms with van der Waals surface area (Å²) >= 11 is 0. The average molecular weight is 284 g/mol. The van der Waals surface area contributed by atoms with Gasteiger partial charge in [0.15, 0.2) is 0 Å². The summed E-state index contributed by atoms with van der Waals surface area (Å²) in [6, 6.07) is 11.5. The number of hydrogen-bond acceptors (Lipinski definition) is 3. The maximum Gasteiger partial charge on any atom is 0.337 e. The van der Waals surface area contributed by atoms with E-state index in [-0.39, 0.29) is 11.5 Å². The molecule has 0 spiro atoms. The number of rotatable bonds is 3. The third-order valence-electron chi connectivity index (χ3n) is 3.41. The summed E-state index contributed by atoms with van der Waals surface area (Å²) < 4.78 is 0. The van der Waals surface area contributed by atoms with Crippen LogP contribution in [0.15, 0.2) is 42.5 Å². The Labute approximate surface area is 122 Å². The van der Waals surface area contributed by atoms with Crippen LogP contribution in [0, 0.1) is 6.92 Å². The van der Waals surface area contributed by atoms with Crippen molar-refractivity contribution in [3.63, 3.8) is 0 Å². The molecule has 2 rings (SSSR count). The number of carbonyl (C=O) groups excluding carboxylic acids is 1. The number of aromatic carboxylic acids is 1. The molecule has 0 unspecified atom stereocenters. The van der Waals surface area contributed by atoms with Crippen LogP contribution in [0.3, 0.4) is 0 Å². The lowest BCUT2D eigenvalue weighted by Crippen LogP contribution is -2.28. The van der Waals surface area contributed by atoms with Crippen molar-refractivity contribution in [3.05, 3.63) is 59.2 Å². The first kappa shape index (κ1) is 14.6. The van der Waals surface area contributed by atoms with Crippen molar-refractivity contribution in [2.24, 2.45) is 0 Å². The number of anilines is 2. The van der Waals surface area contributed by atoms with Crippen LogP contribution in [0.2, 0.25) is 0 Å². The monoisotopic (exact) mass is 284 g/mol. The molecule has 1 amide bonds. The van der Waals surface area contributed by atoms with Gasteiger partial charge in [0.2, 0.25) is 0 Å². The Bertz CT molecular complexity index is 710. The zero-order valence-corrected chi connectivity index (χ0v) is 11.8. The number of benzene rings is 2. The molecule has 0 heterocycles. The van der Waals surface area contributed by atoms with Crippen LogP contribution >= 0.6 is 0 Å². The highest BCUT2D eigenvalue weighted by Gasteiger charge is 2.20. The summed E-state index contributed by atoms with van der Waals surface area (Å²) in [6.45, 7) is 1.76. The Hall–Kier alpha value is -2.82. The van der Waals surface area contributed by atoms with E-state index in [0.29, 0.717) is 22.5 Å². The van der Waals surface area contributed by atoms with Gasteiger partial charge in [0.05, 0.1) is 11.3 Å². The molecule has 2 aromatic rings. The van der Waals surface area contributed by atoms with Crippen molar-refractivity contribution in [1.82, 2.24) is 0 Å². The quantitative estimate of drug-likeness (QED) is 0.848. The molecule has 0 saturated heterocycles. The predicted octanol–water partition coefficient (Wildman–Crippen LogP) is 2.55. The van der Waals surface area contributed by atoms with Gasteiger partial charge in [-0.3, -0.25) is 4.79 Å². The van der Waals surface area contributed by atoms with Crippen LogP contribution in [0.25, 0.3) is 0 Å². The molecule has 5 nitrogen and oxygen atoms in total. The summed E-state index contributed by atoms with van der Waals surface area (Å²) in [5.41, 5.74) is 7.90. The van der Waals surface area contributed by atoms with Gasteiger partial charge in [-0.1, -0.05) is 18.2 Å². The first-order chi connectivity index (χ1) is 9.93. The fraction of sp³-hybridized carbons (Fsp3) is 0.125. The van der Waals surface area contributed by atoms with E-state index in [1.54, 1.807) is 50.4 Å². The van der Waals surface area contributed by atoms with Crippen LogP contribution in [-0.4, -0.2) is 24.0 Å². The van der Waals surface area contributed by atoms with E-state index in [1.165, 1.54) is 11.0 Å². The average Bonchev–Trinajstić information content (AvgIpc) is 2.48. The SMILES string of the molecule is Cc1c(N)cccc1C(=O)N(C)c1ccccc1C(=O)O. The van der Waals surface area contributed by atoms with Gasteiger partial charge in [-0.15, -0.1) is 0 Å². The minimum atomic E-state index is -1.07. The van der Waals surface area contributed by atoms with Gasteiger partial charge in [0, 0.05) is 18.3 Å². The molecule has 0 aliphatic carbocycles. The molecule has 0 bridgehead atoms. The minimum absolute atomic E-state index is 0.0786. The molecule has 0 aliphatic heterocycles. The van der Waals surface area contributed by atoms with Crippen LogP contribution in [0.1, 0.15) is 26.3 Å². The number of nitrogen functional groups attached to an aromatic ring is 1. The van der Waals surface area contributed by atoms with E-state index in [4.69, 9.17) is 5.73 Å². The second kappa shape index (κ2) is 5.66. The van der Waals surface area contributed by atoms with Gasteiger partial charge in [0.25, 0.3) is 5.91 Å². The largest absolute Gasteiger partial charge is 0.478 e. The smallest absolute Gasteiger partial charge is 0.337 e. The Morgan fingerprint density at radius 1 is 1.05 bits per heavy atom. The van der Waals surface area contributed by atoms with Gasteiger partial charge in [0.1, 0.15) is 0 Å². The molecule has 2 aromatic carbocycles. The third kappa shape index (κ3) is 2.72.